The summed E-state index contributed by atoms with van der Waals surface area (Å²) >= 11 is 1.75. The molecule has 0 radical (unpaired) electrons. The lowest BCUT2D eigenvalue weighted by Gasteiger charge is -2.24. The third kappa shape index (κ3) is 3.28. The van der Waals surface area contributed by atoms with Crippen molar-refractivity contribution in [1.82, 2.24) is 10.3 Å². The van der Waals surface area contributed by atoms with Gasteiger partial charge in [0.1, 0.15) is 0 Å². The quantitative estimate of drug-likeness (QED) is 0.802. The summed E-state index contributed by atoms with van der Waals surface area (Å²) < 4.78 is 0. The minimum Gasteiger partial charge on any atom is -0.309 e. The molecule has 0 aliphatic rings. The zero-order valence-corrected chi connectivity index (χ0v) is 11.0. The Hall–Kier alpha value is -0.410. The SMILES string of the molecule is CCNC(c1csc(C)n1)C(CC)CC. The fourth-order valence-corrected chi connectivity index (χ4v) is 2.66. The van der Waals surface area contributed by atoms with E-state index in [1.807, 2.05) is 0 Å². The van der Waals surface area contributed by atoms with Crippen LogP contribution in [0.3, 0.4) is 0 Å². The van der Waals surface area contributed by atoms with Gasteiger partial charge in [-0.05, 0) is 19.4 Å². The highest BCUT2D eigenvalue weighted by Crippen LogP contribution is 2.27. The molecule has 0 spiro atoms. The van der Waals surface area contributed by atoms with Gasteiger partial charge < -0.3 is 5.32 Å². The van der Waals surface area contributed by atoms with Crippen LogP contribution in [0, 0.1) is 12.8 Å². The average molecular weight is 226 g/mol. The summed E-state index contributed by atoms with van der Waals surface area (Å²) in [7, 11) is 0. The zero-order valence-electron chi connectivity index (χ0n) is 10.2. The molecule has 0 aliphatic heterocycles. The molecule has 0 aliphatic carbocycles. The van der Waals surface area contributed by atoms with Crippen molar-refractivity contribution in [3.8, 4) is 0 Å². The standard InChI is InChI=1S/C12H22N2S/c1-5-10(6-2)12(13-7-3)11-8-15-9(4)14-11/h8,10,12-13H,5-7H2,1-4H3. The monoisotopic (exact) mass is 226 g/mol. The van der Waals surface area contributed by atoms with Crippen LogP contribution in [0.4, 0.5) is 0 Å². The van der Waals surface area contributed by atoms with Gasteiger partial charge in [-0.25, -0.2) is 4.98 Å². The van der Waals surface area contributed by atoms with Gasteiger partial charge in [0, 0.05) is 5.38 Å². The average Bonchev–Trinajstić information content (AvgIpc) is 2.65. The molecular formula is C12H22N2S. The molecule has 0 fully saturated rings. The molecule has 0 amide bonds. The first-order valence-electron chi connectivity index (χ1n) is 5.88. The minimum absolute atomic E-state index is 0.440. The van der Waals surface area contributed by atoms with Gasteiger partial charge in [0.05, 0.1) is 16.7 Å². The fraction of sp³-hybridized carbons (Fsp3) is 0.750. The molecule has 1 N–H and O–H groups in total. The van der Waals surface area contributed by atoms with E-state index in [2.05, 4.69) is 43.4 Å². The zero-order chi connectivity index (χ0) is 11.3. The van der Waals surface area contributed by atoms with Crippen molar-refractivity contribution >= 4 is 11.3 Å². The molecular weight excluding hydrogens is 204 g/mol. The molecule has 15 heavy (non-hydrogen) atoms. The van der Waals surface area contributed by atoms with E-state index >= 15 is 0 Å². The van der Waals surface area contributed by atoms with Gasteiger partial charge in [-0.3, -0.25) is 0 Å². The molecule has 1 aromatic heterocycles. The molecule has 1 aromatic rings. The molecule has 0 aromatic carbocycles. The number of rotatable bonds is 6. The third-order valence-corrected chi connectivity index (χ3v) is 3.69. The molecule has 1 heterocycles. The maximum absolute atomic E-state index is 4.60. The van der Waals surface area contributed by atoms with Gasteiger partial charge in [-0.15, -0.1) is 11.3 Å². The number of hydrogen-bond donors (Lipinski definition) is 1. The van der Waals surface area contributed by atoms with Crippen LogP contribution in [0.1, 0.15) is 50.4 Å². The lowest BCUT2D eigenvalue weighted by molar-refractivity contribution is 0.341. The molecule has 1 rings (SSSR count). The van der Waals surface area contributed by atoms with E-state index in [-0.39, 0.29) is 0 Å². The minimum atomic E-state index is 0.440. The van der Waals surface area contributed by atoms with Gasteiger partial charge >= 0.3 is 0 Å². The van der Waals surface area contributed by atoms with Gasteiger partial charge in [-0.2, -0.15) is 0 Å². The Morgan fingerprint density at radius 1 is 1.33 bits per heavy atom. The van der Waals surface area contributed by atoms with Crippen molar-refractivity contribution in [3.05, 3.63) is 16.1 Å². The highest BCUT2D eigenvalue weighted by atomic mass is 32.1. The highest BCUT2D eigenvalue weighted by Gasteiger charge is 2.21. The van der Waals surface area contributed by atoms with Gasteiger partial charge in [0.15, 0.2) is 0 Å². The van der Waals surface area contributed by atoms with Crippen molar-refractivity contribution in [2.45, 2.75) is 46.6 Å². The van der Waals surface area contributed by atoms with Gasteiger partial charge in [0.2, 0.25) is 0 Å². The van der Waals surface area contributed by atoms with Crippen LogP contribution in [0.15, 0.2) is 5.38 Å². The van der Waals surface area contributed by atoms with E-state index in [4.69, 9.17) is 0 Å². The summed E-state index contributed by atoms with van der Waals surface area (Å²) in [6.07, 6.45) is 2.43. The van der Waals surface area contributed by atoms with E-state index < -0.39 is 0 Å². The summed E-state index contributed by atoms with van der Waals surface area (Å²) in [6.45, 7) is 9.77. The largest absolute Gasteiger partial charge is 0.309 e. The maximum atomic E-state index is 4.60. The summed E-state index contributed by atoms with van der Waals surface area (Å²) in [5.41, 5.74) is 1.23. The first-order chi connectivity index (χ1) is 7.22. The summed E-state index contributed by atoms with van der Waals surface area (Å²) in [5, 5.41) is 6.92. The van der Waals surface area contributed by atoms with Crippen molar-refractivity contribution in [2.24, 2.45) is 5.92 Å². The summed E-state index contributed by atoms with van der Waals surface area (Å²) in [4.78, 5) is 4.60. The summed E-state index contributed by atoms with van der Waals surface area (Å²) in [5.74, 6) is 0.700. The highest BCUT2D eigenvalue weighted by molar-refractivity contribution is 7.09. The number of nitrogens with zero attached hydrogens (tertiary/aromatic N) is 1. The smallest absolute Gasteiger partial charge is 0.0898 e. The predicted octanol–water partition coefficient (Wildman–Crippen LogP) is 3.54. The Labute approximate surface area is 97.1 Å². The van der Waals surface area contributed by atoms with Crippen molar-refractivity contribution in [2.75, 3.05) is 6.54 Å². The van der Waals surface area contributed by atoms with Gasteiger partial charge in [0.25, 0.3) is 0 Å². The maximum Gasteiger partial charge on any atom is 0.0898 e. The second-order valence-electron chi connectivity index (χ2n) is 3.90. The number of aryl methyl sites for hydroxylation is 1. The van der Waals surface area contributed by atoms with E-state index in [9.17, 15) is 0 Å². The normalized spacial score (nSPS) is 13.4. The predicted molar refractivity (Wildman–Crippen MR) is 67.3 cm³/mol. The number of aromatic nitrogens is 1. The van der Waals surface area contributed by atoms with Crippen LogP contribution in [0.2, 0.25) is 0 Å². The van der Waals surface area contributed by atoms with Crippen LogP contribution in [0.5, 0.6) is 0 Å². The molecule has 1 atom stereocenters. The molecule has 1 unspecified atom stereocenters. The lowest BCUT2D eigenvalue weighted by atomic mass is 9.92. The number of thiazole rings is 1. The van der Waals surface area contributed by atoms with Crippen LogP contribution >= 0.6 is 11.3 Å². The molecule has 0 bridgehead atoms. The molecule has 2 nitrogen and oxygen atoms in total. The van der Waals surface area contributed by atoms with Gasteiger partial charge in [-0.1, -0.05) is 33.6 Å². The van der Waals surface area contributed by atoms with E-state index in [0.29, 0.717) is 12.0 Å². The Bertz CT molecular complexity index is 279. The summed E-state index contributed by atoms with van der Waals surface area (Å²) in [6, 6.07) is 0.440. The Kier molecular flexibility index (Phi) is 5.26. The number of hydrogen-bond acceptors (Lipinski definition) is 3. The first-order valence-corrected chi connectivity index (χ1v) is 6.76. The van der Waals surface area contributed by atoms with Crippen LogP contribution in [-0.2, 0) is 0 Å². The molecule has 3 heteroatoms. The third-order valence-electron chi connectivity index (χ3n) is 2.90. The van der Waals surface area contributed by atoms with Crippen LogP contribution in [0.25, 0.3) is 0 Å². The molecule has 0 saturated heterocycles. The van der Waals surface area contributed by atoms with Crippen LogP contribution < -0.4 is 5.32 Å². The second kappa shape index (κ2) is 6.23. The van der Waals surface area contributed by atoms with E-state index in [1.54, 1.807) is 11.3 Å². The van der Waals surface area contributed by atoms with Crippen molar-refractivity contribution in [1.29, 1.82) is 0 Å². The molecule has 86 valence electrons. The van der Waals surface area contributed by atoms with Crippen molar-refractivity contribution in [3.63, 3.8) is 0 Å². The van der Waals surface area contributed by atoms with E-state index in [0.717, 1.165) is 6.54 Å². The Balaban J connectivity index is 2.81. The van der Waals surface area contributed by atoms with Crippen molar-refractivity contribution < 1.29 is 0 Å². The van der Waals surface area contributed by atoms with E-state index in [1.165, 1.54) is 23.5 Å². The Morgan fingerprint density at radius 2 is 2.00 bits per heavy atom. The second-order valence-corrected chi connectivity index (χ2v) is 4.97. The van der Waals surface area contributed by atoms with Crippen LogP contribution in [-0.4, -0.2) is 11.5 Å². The topological polar surface area (TPSA) is 24.9 Å². The Morgan fingerprint density at radius 3 is 2.40 bits per heavy atom. The fourth-order valence-electron chi connectivity index (χ4n) is 2.02. The lowest BCUT2D eigenvalue weighted by Crippen LogP contribution is -2.28. The molecule has 0 saturated carbocycles. The first kappa shape index (κ1) is 12.7. The number of nitrogens with one attached hydrogen (secondary N) is 1.